The summed E-state index contributed by atoms with van der Waals surface area (Å²) in [6.07, 6.45) is -3.99. The number of carbonyl (C=O) groups is 4. The minimum absolute atomic E-state index is 0.00590. The zero-order chi connectivity index (χ0) is 24.0. The van der Waals surface area contributed by atoms with Crippen molar-refractivity contribution in [2.75, 3.05) is 4.90 Å². The van der Waals surface area contributed by atoms with Gasteiger partial charge in [-0.05, 0) is 35.7 Å². The fourth-order valence-corrected chi connectivity index (χ4v) is 3.17. The lowest BCUT2D eigenvalue weighted by molar-refractivity contribution is -0.165. The van der Waals surface area contributed by atoms with Crippen molar-refractivity contribution in [3.05, 3.63) is 65.2 Å². The van der Waals surface area contributed by atoms with Crippen molar-refractivity contribution in [2.24, 2.45) is 0 Å². The molecule has 1 aliphatic heterocycles. The quantitative estimate of drug-likeness (QED) is 0.421. The molecular formula is C22H23NO9. The van der Waals surface area contributed by atoms with Crippen molar-refractivity contribution in [1.29, 1.82) is 0 Å². The van der Waals surface area contributed by atoms with Crippen LogP contribution >= 0.6 is 0 Å². The number of rotatable bonds is 7. The van der Waals surface area contributed by atoms with Gasteiger partial charge in [0.05, 0.1) is 12.5 Å². The van der Waals surface area contributed by atoms with Crippen LogP contribution in [0.25, 0.3) is 0 Å². The van der Waals surface area contributed by atoms with Crippen LogP contribution in [0, 0.1) is 0 Å². The Morgan fingerprint density at radius 3 is 1.84 bits per heavy atom. The highest BCUT2D eigenvalue weighted by Gasteiger charge is 2.29. The summed E-state index contributed by atoms with van der Waals surface area (Å²) >= 11 is 0. The van der Waals surface area contributed by atoms with Gasteiger partial charge >= 0.3 is 17.9 Å². The summed E-state index contributed by atoms with van der Waals surface area (Å²) in [5.41, 5.74) is 3.32. The van der Waals surface area contributed by atoms with Gasteiger partial charge in [-0.2, -0.15) is 0 Å². The number of carboxylic acid groups (broad SMARTS) is 3. The van der Waals surface area contributed by atoms with Crippen LogP contribution in [0.2, 0.25) is 0 Å². The highest BCUT2D eigenvalue weighted by atomic mass is 16.4. The molecule has 2 aromatic rings. The fraction of sp³-hybridized carbons (Fsp3) is 0.273. The van der Waals surface area contributed by atoms with Crippen LogP contribution in [0.3, 0.4) is 0 Å². The zero-order valence-electron chi connectivity index (χ0n) is 17.1. The molecule has 32 heavy (non-hydrogen) atoms. The molecule has 1 aliphatic rings. The summed E-state index contributed by atoms with van der Waals surface area (Å²) in [5, 5.41) is 41.7. The highest BCUT2D eigenvalue weighted by Crippen LogP contribution is 2.29. The van der Waals surface area contributed by atoms with Gasteiger partial charge in [-0.25, -0.2) is 9.59 Å². The molecule has 0 bridgehead atoms. The highest BCUT2D eigenvalue weighted by molar-refractivity contribution is 6.10. The van der Waals surface area contributed by atoms with E-state index in [1.165, 1.54) is 0 Å². The zero-order valence-corrected chi connectivity index (χ0v) is 17.1. The first-order chi connectivity index (χ1) is 15.1. The Kier molecular flexibility index (Phi) is 8.05. The van der Waals surface area contributed by atoms with Crippen molar-refractivity contribution >= 4 is 29.5 Å². The maximum atomic E-state index is 12.4. The fourth-order valence-electron chi connectivity index (χ4n) is 3.17. The Bertz CT molecular complexity index is 985. The molecule has 170 valence electrons. The molecule has 1 amide bonds. The SMILES string of the molecule is CCC(C(=O)O)c1ccc(N2Cc3ccccc3C2=O)cc1.O=C(O)C(O)C(O)C(=O)O. The molecule has 5 N–H and O–H groups in total. The van der Waals surface area contributed by atoms with Gasteiger partial charge in [-0.3, -0.25) is 9.59 Å². The van der Waals surface area contributed by atoms with E-state index in [2.05, 4.69) is 0 Å². The number of carbonyl (C=O) groups excluding carboxylic acids is 1. The molecule has 0 saturated carbocycles. The molecule has 3 unspecified atom stereocenters. The predicted octanol–water partition coefficient (Wildman–Crippen LogP) is 1.30. The van der Waals surface area contributed by atoms with E-state index in [1.807, 2.05) is 43.3 Å². The number of aliphatic hydroxyl groups is 2. The molecule has 10 nitrogen and oxygen atoms in total. The van der Waals surface area contributed by atoms with Gasteiger partial charge in [-0.1, -0.05) is 37.3 Å². The maximum Gasteiger partial charge on any atom is 0.335 e. The number of anilines is 1. The number of fused-ring (bicyclic) bond motifs is 1. The van der Waals surface area contributed by atoms with E-state index in [0.29, 0.717) is 13.0 Å². The van der Waals surface area contributed by atoms with E-state index in [-0.39, 0.29) is 5.91 Å². The number of hydrogen-bond acceptors (Lipinski definition) is 6. The smallest absolute Gasteiger partial charge is 0.335 e. The van der Waals surface area contributed by atoms with E-state index in [4.69, 9.17) is 20.4 Å². The molecule has 0 aliphatic carbocycles. The first-order valence-corrected chi connectivity index (χ1v) is 9.62. The second kappa shape index (κ2) is 10.5. The average molecular weight is 445 g/mol. The minimum atomic E-state index is -2.27. The van der Waals surface area contributed by atoms with Crippen LogP contribution in [-0.2, 0) is 20.9 Å². The third-order valence-corrected chi connectivity index (χ3v) is 4.94. The average Bonchev–Trinajstić information content (AvgIpc) is 3.10. The molecule has 3 atom stereocenters. The van der Waals surface area contributed by atoms with Gasteiger partial charge in [-0.15, -0.1) is 0 Å². The second-order valence-electron chi connectivity index (χ2n) is 7.01. The van der Waals surface area contributed by atoms with E-state index in [0.717, 1.165) is 22.4 Å². The van der Waals surface area contributed by atoms with Crippen molar-refractivity contribution in [3.63, 3.8) is 0 Å². The monoisotopic (exact) mass is 445 g/mol. The molecule has 0 saturated heterocycles. The summed E-state index contributed by atoms with van der Waals surface area (Å²) < 4.78 is 0. The van der Waals surface area contributed by atoms with Gasteiger partial charge in [0.1, 0.15) is 0 Å². The van der Waals surface area contributed by atoms with Gasteiger partial charge in [0.2, 0.25) is 0 Å². The topological polar surface area (TPSA) is 173 Å². The van der Waals surface area contributed by atoms with Crippen LogP contribution in [0.15, 0.2) is 48.5 Å². The molecule has 0 aromatic heterocycles. The Morgan fingerprint density at radius 1 is 0.875 bits per heavy atom. The molecular weight excluding hydrogens is 422 g/mol. The number of nitrogens with zero attached hydrogens (tertiary/aromatic N) is 1. The molecule has 1 heterocycles. The van der Waals surface area contributed by atoms with Gasteiger partial charge in [0.15, 0.2) is 12.2 Å². The van der Waals surface area contributed by atoms with E-state index in [9.17, 15) is 24.3 Å². The Labute approximate surface area is 183 Å². The lowest BCUT2D eigenvalue weighted by Gasteiger charge is -2.17. The standard InChI is InChI=1S/C18H17NO3.C4H6O6/c1-2-15(18(21)22)12-7-9-14(10-8-12)19-11-13-5-3-4-6-16(13)17(19)20;5-1(3(7)8)2(6)4(9)10/h3-10,15H,2,11H2,1H3,(H,21,22);1-2,5-6H,(H,7,8)(H,9,10). The molecule has 0 fully saturated rings. The number of carboxylic acids is 3. The lowest BCUT2D eigenvalue weighted by Crippen LogP contribution is -2.39. The van der Waals surface area contributed by atoms with E-state index < -0.39 is 36.0 Å². The van der Waals surface area contributed by atoms with Crippen LogP contribution in [0.1, 0.15) is 40.7 Å². The van der Waals surface area contributed by atoms with Crippen molar-refractivity contribution in [3.8, 4) is 0 Å². The number of amides is 1. The van der Waals surface area contributed by atoms with Gasteiger partial charge in [0, 0.05) is 11.3 Å². The summed E-state index contributed by atoms with van der Waals surface area (Å²) in [4.78, 5) is 44.9. The number of benzene rings is 2. The largest absolute Gasteiger partial charge is 0.481 e. The van der Waals surface area contributed by atoms with Crippen molar-refractivity contribution in [1.82, 2.24) is 0 Å². The summed E-state index contributed by atoms with van der Waals surface area (Å²) in [5.74, 6) is -4.86. The summed E-state index contributed by atoms with van der Waals surface area (Å²) in [6.45, 7) is 2.41. The molecule has 10 heteroatoms. The normalized spacial score (nSPS) is 15.1. The van der Waals surface area contributed by atoms with E-state index >= 15 is 0 Å². The van der Waals surface area contributed by atoms with Crippen molar-refractivity contribution < 1.29 is 44.7 Å². The van der Waals surface area contributed by atoms with Crippen LogP contribution in [-0.4, -0.2) is 61.6 Å². The number of aliphatic carboxylic acids is 3. The summed E-state index contributed by atoms with van der Waals surface area (Å²) in [7, 11) is 0. The predicted molar refractivity (Wildman–Crippen MR) is 111 cm³/mol. The third kappa shape index (κ3) is 5.48. The number of aliphatic hydroxyl groups excluding tert-OH is 2. The minimum Gasteiger partial charge on any atom is -0.481 e. The Morgan fingerprint density at radius 2 is 1.41 bits per heavy atom. The van der Waals surface area contributed by atoms with Crippen LogP contribution in [0.5, 0.6) is 0 Å². The second-order valence-corrected chi connectivity index (χ2v) is 7.01. The van der Waals surface area contributed by atoms with Gasteiger partial charge in [0.25, 0.3) is 5.91 Å². The van der Waals surface area contributed by atoms with Crippen molar-refractivity contribution in [2.45, 2.75) is 38.0 Å². The molecule has 0 spiro atoms. The van der Waals surface area contributed by atoms with Gasteiger partial charge < -0.3 is 30.4 Å². The maximum absolute atomic E-state index is 12.4. The molecule has 3 rings (SSSR count). The van der Waals surface area contributed by atoms with Crippen LogP contribution in [0.4, 0.5) is 5.69 Å². The first kappa shape index (κ1) is 24.5. The number of hydrogen-bond donors (Lipinski definition) is 5. The van der Waals surface area contributed by atoms with E-state index in [1.54, 1.807) is 17.0 Å². The van der Waals surface area contributed by atoms with Crippen LogP contribution < -0.4 is 4.90 Å². The Hall–Kier alpha value is -3.76. The summed E-state index contributed by atoms with van der Waals surface area (Å²) in [6, 6.07) is 14.8. The molecule has 0 radical (unpaired) electrons. The third-order valence-electron chi connectivity index (χ3n) is 4.94. The molecule has 2 aromatic carbocycles. The first-order valence-electron chi connectivity index (χ1n) is 9.62. The lowest BCUT2D eigenvalue weighted by atomic mass is 9.96. The Balaban J connectivity index is 0.000000309.